The van der Waals surface area contributed by atoms with E-state index in [0.29, 0.717) is 16.5 Å². The Labute approximate surface area is 131 Å². The van der Waals surface area contributed by atoms with Crippen LogP contribution in [0.2, 0.25) is 5.02 Å². The summed E-state index contributed by atoms with van der Waals surface area (Å²) in [7, 11) is 0. The van der Waals surface area contributed by atoms with Crippen LogP contribution in [0.4, 0.5) is 11.4 Å². The zero-order valence-corrected chi connectivity index (χ0v) is 12.4. The Balaban J connectivity index is 1.95. The van der Waals surface area contributed by atoms with Gasteiger partial charge in [0.15, 0.2) is 6.10 Å². The molecule has 0 aromatic heterocycles. The third-order valence-electron chi connectivity index (χ3n) is 2.84. The summed E-state index contributed by atoms with van der Waals surface area (Å²) in [6.45, 7) is 1.59. The molecular formula is C15H13ClN2O4. The normalized spacial score (nSPS) is 11.5. The van der Waals surface area contributed by atoms with E-state index in [9.17, 15) is 14.9 Å². The van der Waals surface area contributed by atoms with Crippen LogP contribution >= 0.6 is 11.6 Å². The smallest absolute Gasteiger partial charge is 0.269 e. The summed E-state index contributed by atoms with van der Waals surface area (Å²) < 4.78 is 5.45. The van der Waals surface area contributed by atoms with Crippen molar-refractivity contribution in [3.63, 3.8) is 0 Å². The highest BCUT2D eigenvalue weighted by Crippen LogP contribution is 2.19. The molecule has 2 aromatic rings. The topological polar surface area (TPSA) is 81.5 Å². The molecule has 0 fully saturated rings. The van der Waals surface area contributed by atoms with Gasteiger partial charge in [-0.05, 0) is 43.3 Å². The van der Waals surface area contributed by atoms with E-state index in [4.69, 9.17) is 16.3 Å². The minimum atomic E-state index is -0.753. The average Bonchev–Trinajstić information content (AvgIpc) is 2.50. The fraction of sp³-hybridized carbons (Fsp3) is 0.133. The van der Waals surface area contributed by atoms with Crippen molar-refractivity contribution in [2.24, 2.45) is 0 Å². The van der Waals surface area contributed by atoms with E-state index in [0.717, 1.165) is 0 Å². The molecule has 114 valence electrons. The van der Waals surface area contributed by atoms with E-state index in [1.807, 2.05) is 0 Å². The maximum Gasteiger partial charge on any atom is 0.269 e. The first kappa shape index (κ1) is 15.8. The highest BCUT2D eigenvalue weighted by atomic mass is 35.5. The molecule has 22 heavy (non-hydrogen) atoms. The number of carbonyl (C=O) groups is 1. The van der Waals surface area contributed by atoms with E-state index in [1.54, 1.807) is 31.2 Å². The number of nitro groups is 1. The van der Waals surface area contributed by atoms with Crippen LogP contribution in [0.15, 0.2) is 48.5 Å². The molecule has 0 radical (unpaired) electrons. The van der Waals surface area contributed by atoms with Crippen molar-refractivity contribution in [2.75, 3.05) is 5.32 Å². The molecule has 0 aliphatic rings. The standard InChI is InChI=1S/C15H13ClN2O4/c1-10(15(19)17-12-4-2-11(16)3-5-12)22-14-8-6-13(7-9-14)18(20)21/h2-10H,1H3,(H,17,19). The van der Waals surface area contributed by atoms with Crippen molar-refractivity contribution in [3.05, 3.63) is 63.7 Å². The first-order chi connectivity index (χ1) is 10.5. The van der Waals surface area contributed by atoms with E-state index >= 15 is 0 Å². The van der Waals surface area contributed by atoms with Gasteiger partial charge in [-0.15, -0.1) is 0 Å². The summed E-state index contributed by atoms with van der Waals surface area (Å²) in [5.74, 6) is 0.0463. The molecule has 0 aliphatic heterocycles. The second-order valence-electron chi connectivity index (χ2n) is 4.51. The van der Waals surface area contributed by atoms with Crippen molar-refractivity contribution >= 4 is 28.9 Å². The van der Waals surface area contributed by atoms with E-state index in [1.165, 1.54) is 24.3 Å². The van der Waals surface area contributed by atoms with Crippen molar-refractivity contribution in [3.8, 4) is 5.75 Å². The molecular weight excluding hydrogens is 308 g/mol. The van der Waals surface area contributed by atoms with Gasteiger partial charge in [0.05, 0.1) is 4.92 Å². The van der Waals surface area contributed by atoms with Gasteiger partial charge in [0.2, 0.25) is 0 Å². The molecule has 0 saturated carbocycles. The largest absolute Gasteiger partial charge is 0.481 e. The minimum Gasteiger partial charge on any atom is -0.481 e. The van der Waals surface area contributed by atoms with Crippen molar-refractivity contribution in [2.45, 2.75) is 13.0 Å². The SMILES string of the molecule is CC(Oc1ccc([N+](=O)[O-])cc1)C(=O)Nc1ccc(Cl)cc1. The molecule has 7 heteroatoms. The molecule has 6 nitrogen and oxygen atoms in total. The van der Waals surface area contributed by atoms with E-state index in [2.05, 4.69) is 5.32 Å². The summed E-state index contributed by atoms with van der Waals surface area (Å²) in [6.07, 6.45) is -0.753. The Kier molecular flexibility index (Phi) is 4.95. The van der Waals surface area contributed by atoms with Crippen LogP contribution in [0.1, 0.15) is 6.92 Å². The van der Waals surface area contributed by atoms with Gasteiger partial charge in [0.1, 0.15) is 5.75 Å². The number of nitrogens with one attached hydrogen (secondary N) is 1. The molecule has 2 aromatic carbocycles. The number of nitro benzene ring substituents is 1. The van der Waals surface area contributed by atoms with Crippen LogP contribution in [-0.4, -0.2) is 16.9 Å². The van der Waals surface area contributed by atoms with Crippen LogP contribution in [0.5, 0.6) is 5.75 Å². The number of amides is 1. The zero-order chi connectivity index (χ0) is 16.1. The van der Waals surface area contributed by atoms with Crippen molar-refractivity contribution in [1.29, 1.82) is 0 Å². The van der Waals surface area contributed by atoms with E-state index in [-0.39, 0.29) is 11.6 Å². The Morgan fingerprint density at radius 3 is 2.32 bits per heavy atom. The number of hydrogen-bond acceptors (Lipinski definition) is 4. The Hall–Kier alpha value is -2.60. The molecule has 0 saturated heterocycles. The first-order valence-corrected chi connectivity index (χ1v) is 6.81. The first-order valence-electron chi connectivity index (χ1n) is 6.43. The maximum absolute atomic E-state index is 12.0. The van der Waals surface area contributed by atoms with Gasteiger partial charge in [0.25, 0.3) is 11.6 Å². The lowest BCUT2D eigenvalue weighted by Gasteiger charge is -2.14. The lowest BCUT2D eigenvalue weighted by atomic mass is 10.3. The van der Waals surface area contributed by atoms with Gasteiger partial charge in [0, 0.05) is 22.8 Å². The van der Waals surface area contributed by atoms with Gasteiger partial charge in [-0.25, -0.2) is 0 Å². The number of carbonyl (C=O) groups excluding carboxylic acids is 1. The zero-order valence-electron chi connectivity index (χ0n) is 11.7. The number of benzene rings is 2. The second-order valence-corrected chi connectivity index (χ2v) is 4.94. The summed E-state index contributed by atoms with van der Waals surface area (Å²) in [6, 6.07) is 12.2. The lowest BCUT2D eigenvalue weighted by Crippen LogP contribution is -2.30. The van der Waals surface area contributed by atoms with Gasteiger partial charge in [-0.3, -0.25) is 14.9 Å². The van der Waals surface area contributed by atoms with Crippen molar-refractivity contribution in [1.82, 2.24) is 0 Å². The third-order valence-corrected chi connectivity index (χ3v) is 3.09. The summed E-state index contributed by atoms with van der Waals surface area (Å²) >= 11 is 5.77. The van der Waals surface area contributed by atoms with Crippen LogP contribution in [0.25, 0.3) is 0 Å². The molecule has 0 spiro atoms. The number of ether oxygens (including phenoxy) is 1. The lowest BCUT2D eigenvalue weighted by molar-refractivity contribution is -0.384. The molecule has 0 bridgehead atoms. The fourth-order valence-electron chi connectivity index (χ4n) is 1.68. The monoisotopic (exact) mass is 320 g/mol. The van der Waals surface area contributed by atoms with Crippen LogP contribution < -0.4 is 10.1 Å². The molecule has 0 heterocycles. The predicted molar refractivity (Wildman–Crippen MR) is 83.3 cm³/mol. The quantitative estimate of drug-likeness (QED) is 0.673. The molecule has 1 amide bonds. The summed E-state index contributed by atoms with van der Waals surface area (Å²) in [5.41, 5.74) is 0.569. The number of non-ortho nitro benzene ring substituents is 1. The molecule has 0 aliphatic carbocycles. The van der Waals surface area contributed by atoms with Gasteiger partial charge in [-0.2, -0.15) is 0 Å². The Morgan fingerprint density at radius 1 is 1.18 bits per heavy atom. The minimum absolute atomic E-state index is 0.0365. The maximum atomic E-state index is 12.0. The van der Waals surface area contributed by atoms with Crippen LogP contribution in [0, 0.1) is 10.1 Å². The summed E-state index contributed by atoms with van der Waals surface area (Å²) in [4.78, 5) is 22.1. The predicted octanol–water partition coefficient (Wildman–Crippen LogP) is 3.65. The molecule has 1 atom stereocenters. The van der Waals surface area contributed by atoms with Gasteiger partial charge < -0.3 is 10.1 Å². The van der Waals surface area contributed by atoms with Crippen molar-refractivity contribution < 1.29 is 14.5 Å². The second kappa shape index (κ2) is 6.91. The Bertz CT molecular complexity index is 671. The number of hydrogen-bond donors (Lipinski definition) is 1. The molecule has 2 rings (SSSR count). The van der Waals surface area contributed by atoms with E-state index < -0.39 is 11.0 Å². The van der Waals surface area contributed by atoms with Gasteiger partial charge >= 0.3 is 0 Å². The number of nitrogens with zero attached hydrogens (tertiary/aromatic N) is 1. The number of anilines is 1. The molecule has 1 N–H and O–H groups in total. The Morgan fingerprint density at radius 2 is 1.77 bits per heavy atom. The fourth-order valence-corrected chi connectivity index (χ4v) is 1.81. The molecule has 1 unspecified atom stereocenters. The highest BCUT2D eigenvalue weighted by Gasteiger charge is 2.15. The average molecular weight is 321 g/mol. The number of rotatable bonds is 5. The van der Waals surface area contributed by atoms with Crippen LogP contribution in [0.3, 0.4) is 0 Å². The van der Waals surface area contributed by atoms with Gasteiger partial charge in [-0.1, -0.05) is 11.6 Å². The third kappa shape index (κ3) is 4.20. The summed E-state index contributed by atoms with van der Waals surface area (Å²) in [5, 5.41) is 13.8. The van der Waals surface area contributed by atoms with Crippen LogP contribution in [-0.2, 0) is 4.79 Å². The number of halogens is 1. The highest BCUT2D eigenvalue weighted by molar-refractivity contribution is 6.30.